The minimum Gasteiger partial charge on any atom is -0.368 e. The fourth-order valence-electron chi connectivity index (χ4n) is 2.91. The first-order valence-electron chi connectivity index (χ1n) is 8.60. The van der Waals surface area contributed by atoms with Crippen LogP contribution in [0, 0.1) is 0 Å². The zero-order valence-electron chi connectivity index (χ0n) is 14.4. The maximum Gasteiger partial charge on any atom is 0.251 e. The number of piperazine rings is 1. The Balaban J connectivity index is 1.40. The molecule has 1 aromatic carbocycles. The van der Waals surface area contributed by atoms with E-state index in [1.54, 1.807) is 36.7 Å². The second kappa shape index (κ2) is 8.67. The van der Waals surface area contributed by atoms with Gasteiger partial charge in [0.25, 0.3) is 5.91 Å². The van der Waals surface area contributed by atoms with Gasteiger partial charge in [0, 0.05) is 67.8 Å². The van der Waals surface area contributed by atoms with Crippen LogP contribution in [0.25, 0.3) is 0 Å². The van der Waals surface area contributed by atoms with Crippen LogP contribution >= 0.6 is 11.6 Å². The smallest absolute Gasteiger partial charge is 0.251 e. The van der Waals surface area contributed by atoms with E-state index in [4.69, 9.17) is 11.6 Å². The van der Waals surface area contributed by atoms with Gasteiger partial charge in [-0.05, 0) is 36.4 Å². The van der Waals surface area contributed by atoms with Gasteiger partial charge in [0.15, 0.2) is 0 Å². The van der Waals surface area contributed by atoms with E-state index in [1.165, 1.54) is 0 Å². The van der Waals surface area contributed by atoms with Gasteiger partial charge in [0.2, 0.25) is 5.91 Å². The average molecular weight is 373 g/mol. The third-order valence-electron chi connectivity index (χ3n) is 4.39. The number of aromatic nitrogens is 1. The molecule has 0 aliphatic carbocycles. The molecule has 0 radical (unpaired) electrons. The third kappa shape index (κ3) is 4.73. The Labute approximate surface area is 157 Å². The van der Waals surface area contributed by atoms with Gasteiger partial charge in [0.1, 0.15) is 0 Å². The molecule has 1 aliphatic heterocycles. The topological polar surface area (TPSA) is 65.5 Å². The number of carbonyl (C=O) groups excluding carboxylic acids is 2. The predicted molar refractivity (Wildman–Crippen MR) is 101 cm³/mol. The minimum atomic E-state index is -0.197. The van der Waals surface area contributed by atoms with Crippen LogP contribution < -0.4 is 10.2 Å². The summed E-state index contributed by atoms with van der Waals surface area (Å²) < 4.78 is 0. The molecule has 0 atom stereocenters. The van der Waals surface area contributed by atoms with Crippen LogP contribution in [0.2, 0.25) is 5.02 Å². The molecule has 1 saturated heterocycles. The van der Waals surface area contributed by atoms with Gasteiger partial charge in [-0.15, -0.1) is 0 Å². The van der Waals surface area contributed by atoms with Gasteiger partial charge in [0.05, 0.1) is 0 Å². The molecule has 1 fully saturated rings. The number of pyridine rings is 1. The van der Waals surface area contributed by atoms with E-state index < -0.39 is 0 Å². The molecular weight excluding hydrogens is 352 g/mol. The molecule has 1 N–H and O–H groups in total. The van der Waals surface area contributed by atoms with Crippen LogP contribution in [-0.4, -0.2) is 54.4 Å². The van der Waals surface area contributed by atoms with Crippen molar-refractivity contribution >= 4 is 29.1 Å². The normalized spacial score (nSPS) is 14.2. The molecular formula is C19H21ClN4O2. The lowest BCUT2D eigenvalue weighted by Crippen LogP contribution is -2.49. The third-order valence-corrected chi connectivity index (χ3v) is 4.64. The maximum atomic E-state index is 12.3. The molecule has 2 aromatic rings. The number of nitrogens with zero attached hydrogens (tertiary/aromatic N) is 3. The van der Waals surface area contributed by atoms with Crippen molar-refractivity contribution in [3.63, 3.8) is 0 Å². The monoisotopic (exact) mass is 372 g/mol. The van der Waals surface area contributed by atoms with E-state index in [-0.39, 0.29) is 11.8 Å². The second-order valence-electron chi connectivity index (χ2n) is 6.09. The first kappa shape index (κ1) is 18.2. The summed E-state index contributed by atoms with van der Waals surface area (Å²) in [5, 5.41) is 3.36. The van der Waals surface area contributed by atoms with Crippen molar-refractivity contribution in [3.8, 4) is 0 Å². The maximum absolute atomic E-state index is 12.3. The number of hydrogen-bond donors (Lipinski definition) is 1. The summed E-state index contributed by atoms with van der Waals surface area (Å²) in [4.78, 5) is 32.5. The largest absolute Gasteiger partial charge is 0.368 e. The van der Waals surface area contributed by atoms with Crippen molar-refractivity contribution in [2.45, 2.75) is 6.42 Å². The van der Waals surface area contributed by atoms with Crippen LogP contribution in [-0.2, 0) is 4.79 Å². The van der Waals surface area contributed by atoms with Gasteiger partial charge in [-0.25, -0.2) is 0 Å². The predicted octanol–water partition coefficient (Wildman–Crippen LogP) is 2.20. The lowest BCUT2D eigenvalue weighted by molar-refractivity contribution is -0.131. The molecule has 2 amide bonds. The Morgan fingerprint density at radius 2 is 1.65 bits per heavy atom. The standard InChI is InChI=1S/C19H21ClN4O2/c20-16-3-1-15(2-4-16)19(26)22-10-7-18(25)24-13-11-23(12-14-24)17-5-8-21-9-6-17/h1-6,8-9H,7,10-14H2,(H,22,26). The molecule has 7 heteroatoms. The first-order valence-corrected chi connectivity index (χ1v) is 8.98. The molecule has 1 aliphatic rings. The SMILES string of the molecule is O=C(NCCC(=O)N1CCN(c2ccncc2)CC1)c1ccc(Cl)cc1. The molecule has 0 saturated carbocycles. The summed E-state index contributed by atoms with van der Waals surface area (Å²) in [7, 11) is 0. The van der Waals surface area contributed by atoms with E-state index in [1.807, 2.05) is 17.0 Å². The molecule has 6 nitrogen and oxygen atoms in total. The van der Waals surface area contributed by atoms with Gasteiger partial charge in [-0.3, -0.25) is 14.6 Å². The zero-order valence-corrected chi connectivity index (χ0v) is 15.2. The summed E-state index contributed by atoms with van der Waals surface area (Å²) in [5.41, 5.74) is 1.66. The summed E-state index contributed by atoms with van der Waals surface area (Å²) in [6, 6.07) is 10.6. The van der Waals surface area contributed by atoms with E-state index in [9.17, 15) is 9.59 Å². The van der Waals surface area contributed by atoms with Crippen LogP contribution in [0.15, 0.2) is 48.8 Å². The highest BCUT2D eigenvalue weighted by molar-refractivity contribution is 6.30. The number of benzene rings is 1. The fourth-order valence-corrected chi connectivity index (χ4v) is 3.04. The molecule has 3 rings (SSSR count). The number of hydrogen-bond acceptors (Lipinski definition) is 4. The van der Waals surface area contributed by atoms with Crippen molar-refractivity contribution in [1.82, 2.24) is 15.2 Å². The van der Waals surface area contributed by atoms with Crippen LogP contribution in [0.3, 0.4) is 0 Å². The zero-order chi connectivity index (χ0) is 18.4. The summed E-state index contributed by atoms with van der Waals surface area (Å²) in [6.45, 7) is 3.29. The van der Waals surface area contributed by atoms with Crippen molar-refractivity contribution in [2.24, 2.45) is 0 Å². The second-order valence-corrected chi connectivity index (χ2v) is 6.52. The van der Waals surface area contributed by atoms with E-state index in [0.29, 0.717) is 36.6 Å². The highest BCUT2D eigenvalue weighted by atomic mass is 35.5. The molecule has 26 heavy (non-hydrogen) atoms. The molecule has 1 aromatic heterocycles. The Morgan fingerprint density at radius 1 is 1.00 bits per heavy atom. The highest BCUT2D eigenvalue weighted by Gasteiger charge is 2.21. The Bertz CT molecular complexity index is 744. The number of nitrogens with one attached hydrogen (secondary N) is 1. The molecule has 136 valence electrons. The highest BCUT2D eigenvalue weighted by Crippen LogP contribution is 2.15. The summed E-state index contributed by atoms with van der Waals surface area (Å²) >= 11 is 5.81. The molecule has 0 unspecified atom stereocenters. The lowest BCUT2D eigenvalue weighted by Gasteiger charge is -2.36. The number of halogens is 1. The summed E-state index contributed by atoms with van der Waals surface area (Å²) in [6.07, 6.45) is 3.85. The number of rotatable bonds is 5. The van der Waals surface area contributed by atoms with Crippen LogP contribution in [0.1, 0.15) is 16.8 Å². The van der Waals surface area contributed by atoms with Gasteiger partial charge in [-0.1, -0.05) is 11.6 Å². The fraction of sp³-hybridized carbons (Fsp3) is 0.316. The molecule has 0 spiro atoms. The first-order chi connectivity index (χ1) is 12.6. The van der Waals surface area contributed by atoms with E-state index in [2.05, 4.69) is 15.2 Å². The number of anilines is 1. The van der Waals surface area contributed by atoms with Crippen LogP contribution in [0.5, 0.6) is 0 Å². The van der Waals surface area contributed by atoms with E-state index >= 15 is 0 Å². The van der Waals surface area contributed by atoms with Crippen LogP contribution in [0.4, 0.5) is 5.69 Å². The van der Waals surface area contributed by atoms with E-state index in [0.717, 1.165) is 18.8 Å². The van der Waals surface area contributed by atoms with Gasteiger partial charge >= 0.3 is 0 Å². The van der Waals surface area contributed by atoms with Crippen molar-refractivity contribution < 1.29 is 9.59 Å². The quantitative estimate of drug-likeness (QED) is 0.873. The lowest BCUT2D eigenvalue weighted by atomic mass is 10.2. The average Bonchev–Trinajstić information content (AvgIpc) is 2.69. The van der Waals surface area contributed by atoms with Gasteiger partial charge < -0.3 is 15.1 Å². The Hall–Kier alpha value is -2.60. The number of carbonyl (C=O) groups is 2. The molecule has 2 heterocycles. The summed E-state index contributed by atoms with van der Waals surface area (Å²) in [5.74, 6) is -0.132. The van der Waals surface area contributed by atoms with Crippen molar-refractivity contribution in [1.29, 1.82) is 0 Å². The Morgan fingerprint density at radius 3 is 2.31 bits per heavy atom. The van der Waals surface area contributed by atoms with Gasteiger partial charge in [-0.2, -0.15) is 0 Å². The van der Waals surface area contributed by atoms with Crippen molar-refractivity contribution in [3.05, 3.63) is 59.4 Å². The number of amides is 2. The molecule has 0 bridgehead atoms. The van der Waals surface area contributed by atoms with Crippen molar-refractivity contribution in [2.75, 3.05) is 37.6 Å². The Kier molecular flexibility index (Phi) is 6.07. The minimum absolute atomic E-state index is 0.0655.